The summed E-state index contributed by atoms with van der Waals surface area (Å²) < 4.78 is 4.05. The molecule has 0 aliphatic heterocycles. The van der Waals surface area contributed by atoms with E-state index in [1.807, 2.05) is 17.1 Å². The Morgan fingerprint density at radius 1 is 1.16 bits per heavy atom. The van der Waals surface area contributed by atoms with Crippen LogP contribution in [0.3, 0.4) is 0 Å². The van der Waals surface area contributed by atoms with Crippen LogP contribution in [0, 0.1) is 13.8 Å². The van der Waals surface area contributed by atoms with Crippen molar-refractivity contribution in [1.29, 1.82) is 0 Å². The molecule has 5 heteroatoms. The van der Waals surface area contributed by atoms with Crippen molar-refractivity contribution < 1.29 is 0 Å². The molecule has 5 nitrogen and oxygen atoms in total. The van der Waals surface area contributed by atoms with E-state index >= 15 is 0 Å². The van der Waals surface area contributed by atoms with E-state index in [1.165, 1.54) is 17.0 Å². The lowest BCUT2D eigenvalue weighted by Gasteiger charge is -2.09. The van der Waals surface area contributed by atoms with Gasteiger partial charge in [0.1, 0.15) is 0 Å². The van der Waals surface area contributed by atoms with Gasteiger partial charge in [0.15, 0.2) is 0 Å². The molecule has 0 saturated carbocycles. The van der Waals surface area contributed by atoms with Gasteiger partial charge >= 0.3 is 0 Å². The number of aryl methyl sites for hydroxylation is 1. The van der Waals surface area contributed by atoms with E-state index < -0.39 is 0 Å². The Labute approximate surface area is 114 Å². The topological polar surface area (TPSA) is 47.7 Å². The van der Waals surface area contributed by atoms with Crippen LogP contribution in [-0.2, 0) is 13.1 Å². The van der Waals surface area contributed by atoms with Gasteiger partial charge in [-0.05, 0) is 34.6 Å². The average molecular weight is 261 g/mol. The molecule has 0 saturated heterocycles. The Morgan fingerprint density at radius 2 is 1.89 bits per heavy atom. The molecule has 0 aromatic carbocycles. The molecule has 0 amide bonds. The molecule has 0 atom stereocenters. The second-order valence-corrected chi connectivity index (χ2v) is 5.11. The number of nitrogens with zero attached hydrogens (tertiary/aromatic N) is 4. The molecule has 0 radical (unpaired) electrons. The monoisotopic (exact) mass is 261 g/mol. The van der Waals surface area contributed by atoms with E-state index in [0.717, 1.165) is 18.8 Å². The van der Waals surface area contributed by atoms with Crippen molar-refractivity contribution in [3.05, 3.63) is 29.3 Å². The zero-order chi connectivity index (χ0) is 14.0. The van der Waals surface area contributed by atoms with Crippen LogP contribution in [0.2, 0.25) is 0 Å². The second-order valence-electron chi connectivity index (χ2n) is 5.11. The summed E-state index contributed by atoms with van der Waals surface area (Å²) in [6.07, 6.45) is 3.84. The third-order valence-electron chi connectivity index (χ3n) is 3.51. The Bertz CT molecular complexity index is 550. The van der Waals surface area contributed by atoms with Crippen LogP contribution in [-0.4, -0.2) is 19.6 Å². The SMILES string of the molecule is CCn1ncc(NCc2cnn(C(C)C)c2C)c1C. The summed E-state index contributed by atoms with van der Waals surface area (Å²) in [4.78, 5) is 0. The summed E-state index contributed by atoms with van der Waals surface area (Å²) in [6.45, 7) is 12.3. The highest BCUT2D eigenvalue weighted by atomic mass is 15.3. The van der Waals surface area contributed by atoms with Crippen molar-refractivity contribution >= 4 is 5.69 Å². The Kier molecular flexibility index (Phi) is 3.93. The van der Waals surface area contributed by atoms with Crippen molar-refractivity contribution in [3.63, 3.8) is 0 Å². The fourth-order valence-electron chi connectivity index (χ4n) is 2.28. The quantitative estimate of drug-likeness (QED) is 0.900. The molecular formula is C14H23N5. The highest BCUT2D eigenvalue weighted by molar-refractivity contribution is 5.46. The number of nitrogens with one attached hydrogen (secondary N) is 1. The third-order valence-corrected chi connectivity index (χ3v) is 3.51. The molecule has 0 bridgehead atoms. The van der Waals surface area contributed by atoms with Crippen LogP contribution in [0.25, 0.3) is 0 Å². The molecule has 2 rings (SSSR count). The second kappa shape index (κ2) is 5.47. The minimum atomic E-state index is 0.401. The molecule has 19 heavy (non-hydrogen) atoms. The smallest absolute Gasteiger partial charge is 0.0758 e. The highest BCUT2D eigenvalue weighted by Gasteiger charge is 2.10. The van der Waals surface area contributed by atoms with Crippen LogP contribution < -0.4 is 5.32 Å². The Hall–Kier alpha value is -1.78. The van der Waals surface area contributed by atoms with E-state index in [9.17, 15) is 0 Å². The predicted molar refractivity (Wildman–Crippen MR) is 77.3 cm³/mol. The van der Waals surface area contributed by atoms with Gasteiger partial charge in [-0.3, -0.25) is 9.36 Å². The van der Waals surface area contributed by atoms with Gasteiger partial charge in [-0.1, -0.05) is 0 Å². The number of aromatic nitrogens is 4. The van der Waals surface area contributed by atoms with Gasteiger partial charge in [0, 0.05) is 30.4 Å². The lowest BCUT2D eigenvalue weighted by Crippen LogP contribution is -2.07. The first kappa shape index (κ1) is 13.6. The van der Waals surface area contributed by atoms with Gasteiger partial charge in [-0.25, -0.2) is 0 Å². The van der Waals surface area contributed by atoms with Crippen molar-refractivity contribution in [3.8, 4) is 0 Å². The number of hydrogen-bond acceptors (Lipinski definition) is 3. The number of hydrogen-bond donors (Lipinski definition) is 1. The van der Waals surface area contributed by atoms with Crippen molar-refractivity contribution in [2.75, 3.05) is 5.32 Å². The minimum absolute atomic E-state index is 0.401. The highest BCUT2D eigenvalue weighted by Crippen LogP contribution is 2.17. The van der Waals surface area contributed by atoms with E-state index in [1.54, 1.807) is 0 Å². The maximum Gasteiger partial charge on any atom is 0.0758 e. The fraction of sp³-hybridized carbons (Fsp3) is 0.571. The molecule has 2 heterocycles. The van der Waals surface area contributed by atoms with Gasteiger partial charge in [-0.15, -0.1) is 0 Å². The first-order valence-corrected chi connectivity index (χ1v) is 6.83. The van der Waals surface area contributed by atoms with Gasteiger partial charge in [0.25, 0.3) is 0 Å². The molecular weight excluding hydrogens is 238 g/mol. The number of rotatable bonds is 5. The van der Waals surface area contributed by atoms with Crippen LogP contribution in [0.1, 0.15) is 43.8 Å². The zero-order valence-corrected chi connectivity index (χ0v) is 12.4. The molecule has 2 aromatic rings. The zero-order valence-electron chi connectivity index (χ0n) is 12.4. The summed E-state index contributed by atoms with van der Waals surface area (Å²) in [5.41, 5.74) is 4.73. The van der Waals surface area contributed by atoms with Crippen molar-refractivity contribution in [2.24, 2.45) is 0 Å². The van der Waals surface area contributed by atoms with E-state index in [2.05, 4.69) is 54.8 Å². The molecule has 2 aromatic heterocycles. The first-order valence-electron chi connectivity index (χ1n) is 6.83. The fourth-order valence-corrected chi connectivity index (χ4v) is 2.28. The largest absolute Gasteiger partial charge is 0.378 e. The Morgan fingerprint density at radius 3 is 2.42 bits per heavy atom. The molecule has 0 unspecified atom stereocenters. The molecule has 104 valence electrons. The normalized spacial score (nSPS) is 11.3. The minimum Gasteiger partial charge on any atom is -0.378 e. The van der Waals surface area contributed by atoms with Crippen molar-refractivity contribution in [1.82, 2.24) is 19.6 Å². The predicted octanol–water partition coefficient (Wildman–Crippen LogP) is 2.91. The van der Waals surface area contributed by atoms with Crippen LogP contribution in [0.15, 0.2) is 12.4 Å². The van der Waals surface area contributed by atoms with E-state index in [-0.39, 0.29) is 0 Å². The van der Waals surface area contributed by atoms with E-state index in [0.29, 0.717) is 6.04 Å². The maximum absolute atomic E-state index is 4.43. The molecule has 0 spiro atoms. The molecule has 0 aliphatic rings. The molecule has 0 fully saturated rings. The van der Waals surface area contributed by atoms with Gasteiger partial charge in [0.05, 0.1) is 23.8 Å². The summed E-state index contributed by atoms with van der Waals surface area (Å²) >= 11 is 0. The Balaban J connectivity index is 2.08. The first-order chi connectivity index (χ1) is 9.04. The van der Waals surface area contributed by atoms with Crippen LogP contribution in [0.5, 0.6) is 0 Å². The molecule has 0 aliphatic carbocycles. The van der Waals surface area contributed by atoms with Crippen molar-refractivity contribution in [2.45, 2.75) is 53.8 Å². The lowest BCUT2D eigenvalue weighted by molar-refractivity contribution is 0.518. The average Bonchev–Trinajstić information content (AvgIpc) is 2.91. The van der Waals surface area contributed by atoms with E-state index in [4.69, 9.17) is 0 Å². The summed E-state index contributed by atoms with van der Waals surface area (Å²) in [6, 6.07) is 0.401. The number of anilines is 1. The van der Waals surface area contributed by atoms with Crippen LogP contribution in [0.4, 0.5) is 5.69 Å². The summed E-state index contributed by atoms with van der Waals surface area (Å²) in [7, 11) is 0. The summed E-state index contributed by atoms with van der Waals surface area (Å²) in [5.74, 6) is 0. The lowest BCUT2D eigenvalue weighted by atomic mass is 10.2. The van der Waals surface area contributed by atoms with Gasteiger partial charge in [0.2, 0.25) is 0 Å². The van der Waals surface area contributed by atoms with Gasteiger partial charge in [-0.2, -0.15) is 10.2 Å². The van der Waals surface area contributed by atoms with Crippen LogP contribution >= 0.6 is 0 Å². The third kappa shape index (κ3) is 2.64. The summed E-state index contributed by atoms with van der Waals surface area (Å²) in [5, 5.41) is 12.2. The maximum atomic E-state index is 4.43. The van der Waals surface area contributed by atoms with Gasteiger partial charge < -0.3 is 5.32 Å². The standard InChI is InChI=1S/C14H23N5/c1-6-18-12(5)14(9-16-18)15-7-13-8-17-19(10(2)3)11(13)4/h8-10,15H,6-7H2,1-5H3. The molecule has 1 N–H and O–H groups in total.